The summed E-state index contributed by atoms with van der Waals surface area (Å²) in [4.78, 5) is 30.6. The molecule has 0 atom stereocenters. The lowest BCUT2D eigenvalue weighted by Gasteiger charge is -2.15. The number of anilines is 1. The Bertz CT molecular complexity index is 1410. The molecule has 1 N–H and O–H groups in total. The fraction of sp³-hybridized carbons (Fsp3) is 0.179. The number of aromatic nitrogens is 1. The second-order valence-electron chi connectivity index (χ2n) is 8.38. The van der Waals surface area contributed by atoms with Gasteiger partial charge in [0.25, 0.3) is 5.91 Å². The summed E-state index contributed by atoms with van der Waals surface area (Å²) in [6.07, 6.45) is 0. The van der Waals surface area contributed by atoms with Crippen LogP contribution in [-0.2, 0) is 9.53 Å². The van der Waals surface area contributed by atoms with Crippen LogP contribution in [0, 0.1) is 27.7 Å². The number of aryl methyl sites for hydroxylation is 3. The molecule has 1 aromatic heterocycles. The number of fused-ring (bicyclic) bond motifs is 1. The van der Waals surface area contributed by atoms with E-state index in [1.165, 1.54) is 0 Å². The number of hydrogen-bond donors (Lipinski definition) is 1. The smallest absolute Gasteiger partial charge is 0.339 e. The van der Waals surface area contributed by atoms with E-state index in [-0.39, 0.29) is 6.61 Å². The van der Waals surface area contributed by atoms with Gasteiger partial charge in [-0.05, 0) is 62.6 Å². The highest BCUT2D eigenvalue weighted by molar-refractivity contribution is 9.10. The number of carbonyl (C=O) groups is 2. The largest absolute Gasteiger partial charge is 0.452 e. The highest BCUT2D eigenvalue weighted by Crippen LogP contribution is 2.30. The normalized spacial score (nSPS) is 10.9. The maximum Gasteiger partial charge on any atom is 0.339 e. The summed E-state index contributed by atoms with van der Waals surface area (Å²) in [6.45, 7) is 7.35. The van der Waals surface area contributed by atoms with Gasteiger partial charge in [-0.25, -0.2) is 9.78 Å². The van der Waals surface area contributed by atoms with Crippen molar-refractivity contribution in [2.45, 2.75) is 27.7 Å². The van der Waals surface area contributed by atoms with Crippen molar-refractivity contribution in [1.82, 2.24) is 4.98 Å². The topological polar surface area (TPSA) is 68.3 Å². The maximum absolute atomic E-state index is 13.2. The number of amides is 1. The third kappa shape index (κ3) is 4.87. The summed E-state index contributed by atoms with van der Waals surface area (Å²) in [5.41, 5.74) is 7.21. The van der Waals surface area contributed by atoms with Crippen molar-refractivity contribution < 1.29 is 14.3 Å². The molecule has 0 saturated heterocycles. The monoisotopic (exact) mass is 516 g/mol. The Balaban J connectivity index is 1.61. The number of ether oxygens (including phenoxy) is 1. The van der Waals surface area contributed by atoms with Crippen molar-refractivity contribution in [3.8, 4) is 11.3 Å². The molecule has 0 unspecified atom stereocenters. The molecular formula is C28H25BrN2O3. The molecule has 4 aromatic rings. The van der Waals surface area contributed by atoms with E-state index in [0.717, 1.165) is 32.4 Å². The number of para-hydroxylation sites is 1. The van der Waals surface area contributed by atoms with Gasteiger partial charge in [0.1, 0.15) is 0 Å². The number of benzene rings is 3. The van der Waals surface area contributed by atoms with E-state index in [0.29, 0.717) is 27.7 Å². The molecular weight excluding hydrogens is 492 g/mol. The average Bonchev–Trinajstić information content (AvgIpc) is 2.81. The lowest BCUT2D eigenvalue weighted by Crippen LogP contribution is -2.22. The van der Waals surface area contributed by atoms with E-state index in [9.17, 15) is 9.59 Å². The number of esters is 1. The van der Waals surface area contributed by atoms with Crippen LogP contribution < -0.4 is 5.32 Å². The first kappa shape index (κ1) is 23.6. The maximum atomic E-state index is 13.2. The van der Waals surface area contributed by atoms with E-state index in [1.54, 1.807) is 0 Å². The van der Waals surface area contributed by atoms with Gasteiger partial charge < -0.3 is 10.1 Å². The lowest BCUT2D eigenvalue weighted by molar-refractivity contribution is -0.119. The van der Waals surface area contributed by atoms with Gasteiger partial charge in [-0.1, -0.05) is 64.0 Å². The van der Waals surface area contributed by atoms with E-state index >= 15 is 0 Å². The molecule has 0 fully saturated rings. The zero-order valence-corrected chi connectivity index (χ0v) is 21.1. The number of nitrogens with one attached hydrogen (secondary N) is 1. The first-order chi connectivity index (χ1) is 16.2. The molecule has 0 radical (unpaired) electrons. The second kappa shape index (κ2) is 9.77. The van der Waals surface area contributed by atoms with Gasteiger partial charge in [0.05, 0.1) is 16.8 Å². The number of pyridine rings is 1. The van der Waals surface area contributed by atoms with Gasteiger partial charge in [0.15, 0.2) is 6.61 Å². The van der Waals surface area contributed by atoms with Crippen LogP contribution in [-0.4, -0.2) is 23.5 Å². The van der Waals surface area contributed by atoms with Gasteiger partial charge in [0.2, 0.25) is 0 Å². The van der Waals surface area contributed by atoms with E-state index in [1.807, 2.05) is 88.4 Å². The van der Waals surface area contributed by atoms with Crippen LogP contribution >= 0.6 is 15.9 Å². The Hall–Kier alpha value is -3.51. The molecule has 4 rings (SSSR count). The van der Waals surface area contributed by atoms with Crippen molar-refractivity contribution in [3.63, 3.8) is 0 Å². The summed E-state index contributed by atoms with van der Waals surface area (Å²) in [6, 6.07) is 19.3. The van der Waals surface area contributed by atoms with Crippen LogP contribution in [0.25, 0.3) is 22.2 Å². The lowest BCUT2D eigenvalue weighted by atomic mass is 9.97. The predicted octanol–water partition coefficient (Wildman–Crippen LogP) is 6.69. The van der Waals surface area contributed by atoms with Crippen LogP contribution in [0.4, 0.5) is 5.69 Å². The first-order valence-electron chi connectivity index (χ1n) is 10.9. The SMILES string of the molecule is Cc1ccc(-c2nc3ccccc3c(C(=O)OCC(=O)Nc3cc(C)c(Br)cc3C)c2C)cc1. The Kier molecular flexibility index (Phi) is 6.80. The van der Waals surface area contributed by atoms with E-state index < -0.39 is 11.9 Å². The van der Waals surface area contributed by atoms with E-state index in [2.05, 4.69) is 21.2 Å². The highest BCUT2D eigenvalue weighted by atomic mass is 79.9. The third-order valence-electron chi connectivity index (χ3n) is 5.78. The quantitative estimate of drug-likeness (QED) is 0.300. The molecule has 0 spiro atoms. The Morgan fingerprint density at radius 3 is 2.38 bits per heavy atom. The minimum absolute atomic E-state index is 0.386. The fourth-order valence-corrected chi connectivity index (χ4v) is 4.33. The van der Waals surface area contributed by atoms with Crippen molar-refractivity contribution in [2.24, 2.45) is 0 Å². The third-order valence-corrected chi connectivity index (χ3v) is 6.63. The Morgan fingerprint density at radius 2 is 1.65 bits per heavy atom. The Labute approximate surface area is 207 Å². The van der Waals surface area contributed by atoms with Crippen molar-refractivity contribution in [3.05, 3.63) is 93.0 Å². The van der Waals surface area contributed by atoms with Crippen LogP contribution in [0.15, 0.2) is 65.1 Å². The van der Waals surface area contributed by atoms with Gasteiger partial charge in [-0.2, -0.15) is 0 Å². The first-order valence-corrected chi connectivity index (χ1v) is 11.7. The van der Waals surface area contributed by atoms with Crippen molar-refractivity contribution in [2.75, 3.05) is 11.9 Å². The molecule has 0 aliphatic heterocycles. The molecule has 3 aromatic carbocycles. The predicted molar refractivity (Wildman–Crippen MR) is 139 cm³/mol. The number of hydrogen-bond acceptors (Lipinski definition) is 4. The summed E-state index contributed by atoms with van der Waals surface area (Å²) in [5.74, 6) is -0.948. The van der Waals surface area contributed by atoms with Crippen LogP contribution in [0.1, 0.15) is 32.6 Å². The minimum atomic E-state index is -0.552. The molecule has 0 aliphatic rings. The molecule has 0 aliphatic carbocycles. The standard InChI is InChI=1S/C28H25BrN2O3/c1-16-9-11-20(12-10-16)27-19(4)26(21-7-5-6-8-23(21)31-27)28(33)34-15-25(32)30-24-14-17(2)22(29)13-18(24)3/h5-14H,15H2,1-4H3,(H,30,32). The molecule has 1 heterocycles. The van der Waals surface area contributed by atoms with Gasteiger partial charge in [0, 0.05) is 21.1 Å². The van der Waals surface area contributed by atoms with Crippen molar-refractivity contribution in [1.29, 1.82) is 0 Å². The average molecular weight is 517 g/mol. The fourth-order valence-electron chi connectivity index (χ4n) is 3.87. The summed E-state index contributed by atoms with van der Waals surface area (Å²) in [7, 11) is 0. The highest BCUT2D eigenvalue weighted by Gasteiger charge is 2.21. The molecule has 1 amide bonds. The summed E-state index contributed by atoms with van der Waals surface area (Å²) in [5, 5.41) is 3.53. The zero-order valence-electron chi connectivity index (χ0n) is 19.5. The Morgan fingerprint density at radius 1 is 0.941 bits per heavy atom. The van der Waals surface area contributed by atoms with Gasteiger partial charge >= 0.3 is 5.97 Å². The second-order valence-corrected chi connectivity index (χ2v) is 9.24. The number of halogens is 1. The number of rotatable bonds is 5. The van der Waals surface area contributed by atoms with Crippen LogP contribution in [0.3, 0.4) is 0 Å². The molecule has 0 bridgehead atoms. The van der Waals surface area contributed by atoms with Gasteiger partial charge in [-0.3, -0.25) is 4.79 Å². The zero-order chi connectivity index (χ0) is 24.4. The van der Waals surface area contributed by atoms with Gasteiger partial charge in [-0.15, -0.1) is 0 Å². The number of carbonyl (C=O) groups excluding carboxylic acids is 2. The number of nitrogens with zero attached hydrogens (tertiary/aromatic N) is 1. The van der Waals surface area contributed by atoms with Crippen LogP contribution in [0.2, 0.25) is 0 Å². The summed E-state index contributed by atoms with van der Waals surface area (Å²) < 4.78 is 6.44. The van der Waals surface area contributed by atoms with Crippen molar-refractivity contribution >= 4 is 44.4 Å². The molecule has 0 saturated carbocycles. The molecule has 6 heteroatoms. The minimum Gasteiger partial charge on any atom is -0.452 e. The molecule has 172 valence electrons. The molecule has 5 nitrogen and oxygen atoms in total. The van der Waals surface area contributed by atoms with E-state index in [4.69, 9.17) is 9.72 Å². The molecule has 34 heavy (non-hydrogen) atoms. The summed E-state index contributed by atoms with van der Waals surface area (Å²) >= 11 is 3.49. The van der Waals surface area contributed by atoms with Crippen LogP contribution in [0.5, 0.6) is 0 Å².